The van der Waals surface area contributed by atoms with Crippen molar-refractivity contribution < 1.29 is 4.79 Å². The molecule has 0 saturated heterocycles. The Morgan fingerprint density at radius 3 is 2.65 bits per heavy atom. The summed E-state index contributed by atoms with van der Waals surface area (Å²) in [5.41, 5.74) is 6.97. The van der Waals surface area contributed by atoms with E-state index in [0.29, 0.717) is 16.4 Å². The van der Waals surface area contributed by atoms with Crippen LogP contribution < -0.4 is 11.1 Å². The van der Waals surface area contributed by atoms with Gasteiger partial charge in [-0.3, -0.25) is 4.79 Å². The second-order valence-corrected chi connectivity index (χ2v) is 4.99. The van der Waals surface area contributed by atoms with Gasteiger partial charge in [0, 0.05) is 10.9 Å². The van der Waals surface area contributed by atoms with Crippen LogP contribution in [0.15, 0.2) is 18.2 Å². The number of anilines is 2. The molecule has 1 aliphatic rings. The number of nitrogens with two attached hydrogens (primary N) is 1. The van der Waals surface area contributed by atoms with Gasteiger partial charge in [0.2, 0.25) is 5.91 Å². The van der Waals surface area contributed by atoms with Crippen LogP contribution in [0.2, 0.25) is 5.02 Å². The van der Waals surface area contributed by atoms with Gasteiger partial charge in [0.05, 0.1) is 11.4 Å². The summed E-state index contributed by atoms with van der Waals surface area (Å²) < 4.78 is 0. The van der Waals surface area contributed by atoms with Crippen LogP contribution in [-0.2, 0) is 4.79 Å². The Hall–Kier alpha value is -1.22. The molecule has 0 radical (unpaired) electrons. The fourth-order valence-corrected chi connectivity index (χ4v) is 2.43. The van der Waals surface area contributed by atoms with E-state index in [1.54, 1.807) is 18.2 Å². The van der Waals surface area contributed by atoms with E-state index in [2.05, 4.69) is 5.32 Å². The van der Waals surface area contributed by atoms with Gasteiger partial charge < -0.3 is 11.1 Å². The molecule has 1 fully saturated rings. The molecule has 1 saturated carbocycles. The molecule has 0 aromatic heterocycles. The van der Waals surface area contributed by atoms with Crippen molar-refractivity contribution in [1.82, 2.24) is 0 Å². The second-order valence-electron chi connectivity index (χ2n) is 4.56. The van der Waals surface area contributed by atoms with E-state index in [9.17, 15) is 4.79 Å². The Labute approximate surface area is 106 Å². The van der Waals surface area contributed by atoms with Crippen LogP contribution in [0.4, 0.5) is 11.4 Å². The first kappa shape index (κ1) is 12.2. The first-order valence-corrected chi connectivity index (χ1v) is 6.40. The number of carbonyl (C=O) groups excluding carboxylic acids is 1. The third-order valence-corrected chi connectivity index (χ3v) is 3.48. The number of hydrogen-bond donors (Lipinski definition) is 2. The smallest absolute Gasteiger partial charge is 0.227 e. The lowest BCUT2D eigenvalue weighted by Gasteiger charge is -2.21. The number of hydrogen-bond acceptors (Lipinski definition) is 2. The molecule has 1 aromatic rings. The van der Waals surface area contributed by atoms with E-state index in [1.807, 2.05) is 0 Å². The third-order valence-electron chi connectivity index (χ3n) is 3.25. The molecule has 4 heteroatoms. The number of carbonyl (C=O) groups is 1. The van der Waals surface area contributed by atoms with Gasteiger partial charge >= 0.3 is 0 Å². The molecular formula is C13H17ClN2O. The third kappa shape index (κ3) is 3.13. The van der Waals surface area contributed by atoms with Crippen LogP contribution in [0.3, 0.4) is 0 Å². The van der Waals surface area contributed by atoms with E-state index in [4.69, 9.17) is 17.3 Å². The number of amides is 1. The van der Waals surface area contributed by atoms with Gasteiger partial charge in [-0.25, -0.2) is 0 Å². The second kappa shape index (κ2) is 5.41. The lowest BCUT2D eigenvalue weighted by molar-refractivity contribution is -0.120. The number of rotatable bonds is 2. The number of nitrogens with one attached hydrogen (secondary N) is 1. The van der Waals surface area contributed by atoms with Crippen LogP contribution in [-0.4, -0.2) is 5.91 Å². The van der Waals surface area contributed by atoms with Crippen LogP contribution in [0.25, 0.3) is 0 Å². The highest BCUT2D eigenvalue weighted by Gasteiger charge is 2.21. The molecule has 3 nitrogen and oxygen atoms in total. The molecule has 0 atom stereocenters. The molecule has 1 aromatic carbocycles. The fraction of sp³-hybridized carbons (Fsp3) is 0.462. The topological polar surface area (TPSA) is 55.1 Å². The quantitative estimate of drug-likeness (QED) is 0.793. The maximum atomic E-state index is 12.0. The molecule has 1 aliphatic carbocycles. The summed E-state index contributed by atoms with van der Waals surface area (Å²) in [5, 5.41) is 3.47. The van der Waals surface area contributed by atoms with Gasteiger partial charge in [-0.2, -0.15) is 0 Å². The molecule has 1 amide bonds. The van der Waals surface area contributed by atoms with Crippen molar-refractivity contribution in [3.05, 3.63) is 23.2 Å². The van der Waals surface area contributed by atoms with Crippen LogP contribution in [0, 0.1) is 5.92 Å². The summed E-state index contributed by atoms with van der Waals surface area (Å²) >= 11 is 5.81. The van der Waals surface area contributed by atoms with Crippen LogP contribution in [0.1, 0.15) is 32.1 Å². The van der Waals surface area contributed by atoms with Gasteiger partial charge in [0.1, 0.15) is 0 Å². The lowest BCUT2D eigenvalue weighted by atomic mass is 9.88. The Bertz CT molecular complexity index is 414. The summed E-state index contributed by atoms with van der Waals surface area (Å²) in [6.45, 7) is 0. The van der Waals surface area contributed by atoms with E-state index in [-0.39, 0.29) is 11.8 Å². The number of benzene rings is 1. The minimum absolute atomic E-state index is 0.0822. The Morgan fingerprint density at radius 1 is 1.29 bits per heavy atom. The average molecular weight is 253 g/mol. The number of nitrogen functional groups attached to an aromatic ring is 1. The maximum Gasteiger partial charge on any atom is 0.227 e. The van der Waals surface area contributed by atoms with E-state index in [1.165, 1.54) is 6.42 Å². The standard InChI is InChI=1S/C13H17ClN2O/c14-10-6-7-12(11(15)8-10)16-13(17)9-4-2-1-3-5-9/h6-9H,1-5,15H2,(H,16,17). The van der Waals surface area contributed by atoms with Crippen molar-refractivity contribution in [2.24, 2.45) is 5.92 Å². The molecule has 92 valence electrons. The highest BCUT2D eigenvalue weighted by Crippen LogP contribution is 2.27. The van der Waals surface area contributed by atoms with Gasteiger partial charge in [-0.1, -0.05) is 30.9 Å². The van der Waals surface area contributed by atoms with E-state index >= 15 is 0 Å². The Balaban J connectivity index is 2.02. The van der Waals surface area contributed by atoms with Crippen molar-refractivity contribution >= 4 is 28.9 Å². The summed E-state index contributed by atoms with van der Waals surface area (Å²) in [6.07, 6.45) is 5.51. The van der Waals surface area contributed by atoms with Gasteiger partial charge in [-0.15, -0.1) is 0 Å². The summed E-state index contributed by atoms with van der Waals surface area (Å²) in [7, 11) is 0. The van der Waals surface area contributed by atoms with Crippen molar-refractivity contribution in [1.29, 1.82) is 0 Å². The molecule has 0 unspecified atom stereocenters. The first-order valence-electron chi connectivity index (χ1n) is 6.02. The van der Waals surface area contributed by atoms with E-state index < -0.39 is 0 Å². The molecule has 0 heterocycles. The lowest BCUT2D eigenvalue weighted by Crippen LogP contribution is -2.25. The Morgan fingerprint density at radius 2 is 2.00 bits per heavy atom. The molecule has 0 spiro atoms. The SMILES string of the molecule is Nc1cc(Cl)ccc1NC(=O)C1CCCCC1. The minimum atomic E-state index is 0.0822. The van der Waals surface area contributed by atoms with Gasteiger partial charge in [0.15, 0.2) is 0 Å². The highest BCUT2D eigenvalue weighted by molar-refractivity contribution is 6.31. The van der Waals surface area contributed by atoms with Crippen molar-refractivity contribution in [2.45, 2.75) is 32.1 Å². The van der Waals surface area contributed by atoms with Crippen molar-refractivity contribution in [2.75, 3.05) is 11.1 Å². The summed E-state index contributed by atoms with van der Waals surface area (Å²) in [5.74, 6) is 0.220. The zero-order valence-corrected chi connectivity index (χ0v) is 10.5. The minimum Gasteiger partial charge on any atom is -0.397 e. The fourth-order valence-electron chi connectivity index (χ4n) is 2.25. The van der Waals surface area contributed by atoms with Crippen molar-refractivity contribution in [3.63, 3.8) is 0 Å². The molecule has 0 aliphatic heterocycles. The zero-order valence-electron chi connectivity index (χ0n) is 9.71. The van der Waals surface area contributed by atoms with Crippen molar-refractivity contribution in [3.8, 4) is 0 Å². The van der Waals surface area contributed by atoms with Gasteiger partial charge in [-0.05, 0) is 31.0 Å². The molecule has 0 bridgehead atoms. The first-order chi connectivity index (χ1) is 8.16. The monoisotopic (exact) mass is 252 g/mol. The number of halogens is 1. The summed E-state index contributed by atoms with van der Waals surface area (Å²) in [4.78, 5) is 12.0. The van der Waals surface area contributed by atoms with Crippen LogP contribution in [0.5, 0.6) is 0 Å². The Kier molecular flexibility index (Phi) is 3.89. The van der Waals surface area contributed by atoms with Crippen LogP contribution >= 0.6 is 11.6 Å². The highest BCUT2D eigenvalue weighted by atomic mass is 35.5. The maximum absolute atomic E-state index is 12.0. The normalized spacial score (nSPS) is 16.8. The molecule has 3 N–H and O–H groups in total. The average Bonchev–Trinajstić information content (AvgIpc) is 2.34. The summed E-state index contributed by atoms with van der Waals surface area (Å²) in [6, 6.07) is 5.13. The molecule has 2 rings (SSSR count). The zero-order chi connectivity index (χ0) is 12.3. The molecule has 17 heavy (non-hydrogen) atoms. The van der Waals surface area contributed by atoms with E-state index in [0.717, 1.165) is 25.7 Å². The molecular weight excluding hydrogens is 236 g/mol. The van der Waals surface area contributed by atoms with Gasteiger partial charge in [0.25, 0.3) is 0 Å². The predicted molar refractivity (Wildman–Crippen MR) is 71.1 cm³/mol. The predicted octanol–water partition coefficient (Wildman–Crippen LogP) is 3.44. The largest absolute Gasteiger partial charge is 0.397 e.